The van der Waals surface area contributed by atoms with Gasteiger partial charge in [0, 0.05) is 0 Å². The Bertz CT molecular complexity index is 300. The summed E-state index contributed by atoms with van der Waals surface area (Å²) >= 11 is 0. The molecule has 0 aromatic heterocycles. The SMILES string of the molecule is COC(=C[Si]CCCN(OCC1CO1)OCC1CO1)OC. The molecule has 2 aliphatic rings. The number of ether oxygens (including phenoxy) is 4. The number of hydrogen-bond donors (Lipinski definition) is 0. The summed E-state index contributed by atoms with van der Waals surface area (Å²) in [6, 6.07) is 1.03. The van der Waals surface area contributed by atoms with Crippen LogP contribution < -0.4 is 0 Å². The van der Waals surface area contributed by atoms with E-state index >= 15 is 0 Å². The fraction of sp³-hybridized carbons (Fsp3) is 0.846. The minimum absolute atomic E-state index is 0.226. The van der Waals surface area contributed by atoms with E-state index in [9.17, 15) is 0 Å². The van der Waals surface area contributed by atoms with Gasteiger partial charge in [-0.3, -0.25) is 9.68 Å². The van der Waals surface area contributed by atoms with Crippen molar-refractivity contribution in [2.45, 2.75) is 24.7 Å². The summed E-state index contributed by atoms with van der Waals surface area (Å²) < 4.78 is 20.3. The Balaban J connectivity index is 1.56. The Kier molecular flexibility index (Phi) is 7.48. The molecule has 7 nitrogen and oxygen atoms in total. The lowest BCUT2D eigenvalue weighted by molar-refractivity contribution is -0.369. The normalized spacial score (nSPS) is 23.0. The molecule has 21 heavy (non-hydrogen) atoms. The van der Waals surface area contributed by atoms with Crippen molar-refractivity contribution in [1.82, 2.24) is 5.23 Å². The summed E-state index contributed by atoms with van der Waals surface area (Å²) in [6.07, 6.45) is 1.42. The third-order valence-corrected chi connectivity index (χ3v) is 3.98. The van der Waals surface area contributed by atoms with Gasteiger partial charge in [0.1, 0.15) is 12.2 Å². The van der Waals surface area contributed by atoms with Gasteiger partial charge in [-0.05, 0) is 12.1 Å². The summed E-state index contributed by atoms with van der Waals surface area (Å²) in [7, 11) is 3.85. The van der Waals surface area contributed by atoms with E-state index in [1.165, 1.54) is 0 Å². The number of rotatable bonds is 13. The van der Waals surface area contributed by atoms with Crippen molar-refractivity contribution in [3.8, 4) is 0 Å². The molecule has 0 bridgehead atoms. The van der Waals surface area contributed by atoms with Gasteiger partial charge in [-0.15, -0.1) is 0 Å². The quantitative estimate of drug-likeness (QED) is 0.162. The molecule has 2 radical (unpaired) electrons. The highest BCUT2D eigenvalue weighted by molar-refractivity contribution is 6.42. The molecular weight excluding hydrogens is 294 g/mol. The average molecular weight is 317 g/mol. The molecule has 0 aromatic rings. The maximum Gasteiger partial charge on any atom is 0.269 e. The molecule has 0 N–H and O–H groups in total. The molecule has 2 aliphatic heterocycles. The number of hydrogen-bond acceptors (Lipinski definition) is 7. The lowest BCUT2D eigenvalue weighted by Crippen LogP contribution is -2.29. The highest BCUT2D eigenvalue weighted by Gasteiger charge is 2.26. The summed E-state index contributed by atoms with van der Waals surface area (Å²) in [4.78, 5) is 11.2. The van der Waals surface area contributed by atoms with Crippen molar-refractivity contribution in [1.29, 1.82) is 0 Å². The van der Waals surface area contributed by atoms with Gasteiger partial charge in [0.15, 0.2) is 0 Å². The Hall–Kier alpha value is -0.643. The van der Waals surface area contributed by atoms with Crippen molar-refractivity contribution in [3.05, 3.63) is 11.6 Å². The standard InChI is InChI=1S/C13H23NO6Si/c1-15-13(16-2)10-21-5-3-4-14(19-8-11-6-17-11)20-9-12-7-18-12/h10-12H,3-9H2,1-2H3. The number of hydroxylamine groups is 2. The van der Waals surface area contributed by atoms with Gasteiger partial charge in [0.25, 0.3) is 5.95 Å². The van der Waals surface area contributed by atoms with Gasteiger partial charge in [-0.1, -0.05) is 11.3 Å². The number of epoxide rings is 2. The minimum atomic E-state index is 0.226. The number of methoxy groups -OCH3 is 2. The first-order valence-electron chi connectivity index (χ1n) is 7.10. The molecular formula is C13H23NO6Si. The zero-order chi connectivity index (χ0) is 14.9. The van der Waals surface area contributed by atoms with Gasteiger partial charge in [0.2, 0.25) is 0 Å². The molecule has 2 fully saturated rings. The maximum atomic E-state index is 5.58. The summed E-state index contributed by atoms with van der Waals surface area (Å²) in [6.45, 7) is 3.37. The van der Waals surface area contributed by atoms with Crippen LogP contribution in [0.4, 0.5) is 0 Å². The predicted octanol–water partition coefficient (Wildman–Crippen LogP) is 0.554. The fourth-order valence-corrected chi connectivity index (χ4v) is 2.40. The van der Waals surface area contributed by atoms with Crippen LogP contribution in [0.3, 0.4) is 0 Å². The van der Waals surface area contributed by atoms with Crippen LogP contribution >= 0.6 is 0 Å². The van der Waals surface area contributed by atoms with Crippen LogP contribution in [0.2, 0.25) is 6.04 Å². The summed E-state index contributed by atoms with van der Waals surface area (Å²) in [5.74, 6) is 0.564. The Morgan fingerprint density at radius 1 is 1.14 bits per heavy atom. The summed E-state index contributed by atoms with van der Waals surface area (Å²) in [5.41, 5.74) is 1.96. The lowest BCUT2D eigenvalue weighted by Gasteiger charge is -2.20. The van der Waals surface area contributed by atoms with E-state index in [1.807, 2.05) is 5.70 Å². The van der Waals surface area contributed by atoms with Crippen molar-refractivity contribution >= 4 is 9.52 Å². The Morgan fingerprint density at radius 3 is 2.19 bits per heavy atom. The van der Waals surface area contributed by atoms with E-state index in [0.717, 1.165) is 32.2 Å². The maximum absolute atomic E-state index is 5.58. The first-order chi connectivity index (χ1) is 10.3. The fourth-order valence-electron chi connectivity index (χ4n) is 1.49. The van der Waals surface area contributed by atoms with Crippen molar-refractivity contribution in [3.63, 3.8) is 0 Å². The third-order valence-electron chi connectivity index (χ3n) is 2.90. The molecule has 2 heterocycles. The monoisotopic (exact) mass is 317 g/mol. The van der Waals surface area contributed by atoms with Crippen LogP contribution in [0, 0.1) is 0 Å². The Morgan fingerprint density at radius 2 is 1.71 bits per heavy atom. The average Bonchev–Trinajstić information content (AvgIpc) is 3.39. The lowest BCUT2D eigenvalue weighted by atomic mass is 10.5. The molecule has 0 aromatic carbocycles. The van der Waals surface area contributed by atoms with E-state index in [4.69, 9.17) is 28.6 Å². The molecule has 2 rings (SSSR count). The molecule has 8 heteroatoms. The molecule has 2 unspecified atom stereocenters. The highest BCUT2D eigenvalue weighted by atomic mass is 28.2. The van der Waals surface area contributed by atoms with Gasteiger partial charge < -0.3 is 18.9 Å². The zero-order valence-electron chi connectivity index (χ0n) is 12.6. The molecule has 2 saturated heterocycles. The van der Waals surface area contributed by atoms with Gasteiger partial charge in [0.05, 0.1) is 56.7 Å². The van der Waals surface area contributed by atoms with Crippen LogP contribution in [-0.4, -0.2) is 74.1 Å². The van der Waals surface area contributed by atoms with Crippen molar-refractivity contribution < 1.29 is 28.6 Å². The largest absolute Gasteiger partial charge is 0.469 e. The molecule has 0 aliphatic carbocycles. The second kappa shape index (κ2) is 9.39. The second-order valence-corrected chi connectivity index (χ2v) is 5.93. The van der Waals surface area contributed by atoms with Gasteiger partial charge >= 0.3 is 0 Å². The highest BCUT2D eigenvalue weighted by Crippen LogP contribution is 2.13. The number of nitrogens with zero attached hydrogens (tertiary/aromatic N) is 1. The van der Waals surface area contributed by atoms with Crippen LogP contribution in [0.5, 0.6) is 0 Å². The topological polar surface area (TPSA) is 65.2 Å². The van der Waals surface area contributed by atoms with Crippen LogP contribution in [0.15, 0.2) is 11.6 Å². The molecule has 0 amide bonds. The van der Waals surface area contributed by atoms with Gasteiger partial charge in [-0.25, -0.2) is 0 Å². The minimum Gasteiger partial charge on any atom is -0.469 e. The molecule has 0 spiro atoms. The van der Waals surface area contributed by atoms with Gasteiger partial charge in [-0.2, -0.15) is 0 Å². The van der Waals surface area contributed by atoms with E-state index in [1.54, 1.807) is 19.4 Å². The zero-order valence-corrected chi connectivity index (χ0v) is 13.6. The van der Waals surface area contributed by atoms with Crippen molar-refractivity contribution in [2.75, 3.05) is 47.2 Å². The molecule has 0 saturated carbocycles. The van der Waals surface area contributed by atoms with Crippen LogP contribution in [-0.2, 0) is 28.6 Å². The predicted molar refractivity (Wildman–Crippen MR) is 75.4 cm³/mol. The smallest absolute Gasteiger partial charge is 0.269 e. The van der Waals surface area contributed by atoms with E-state index in [0.29, 0.717) is 28.7 Å². The molecule has 120 valence electrons. The van der Waals surface area contributed by atoms with Crippen LogP contribution in [0.25, 0.3) is 0 Å². The van der Waals surface area contributed by atoms with Crippen LogP contribution in [0.1, 0.15) is 6.42 Å². The van der Waals surface area contributed by atoms with E-state index in [-0.39, 0.29) is 12.2 Å². The molecule has 2 atom stereocenters. The third kappa shape index (κ3) is 7.79. The Labute approximate surface area is 127 Å². The van der Waals surface area contributed by atoms with E-state index in [2.05, 4.69) is 0 Å². The summed E-state index contributed by atoms with van der Waals surface area (Å²) in [5, 5.41) is 1.56. The second-order valence-electron chi connectivity index (χ2n) is 4.74. The van der Waals surface area contributed by atoms with Crippen molar-refractivity contribution in [2.24, 2.45) is 0 Å². The van der Waals surface area contributed by atoms with E-state index < -0.39 is 0 Å². The first-order valence-corrected chi connectivity index (χ1v) is 8.38. The first kappa shape index (κ1) is 16.7.